The van der Waals surface area contributed by atoms with Crippen molar-refractivity contribution in [3.05, 3.63) is 28.4 Å². The number of ether oxygens (including phenoxy) is 1. The lowest BCUT2D eigenvalue weighted by atomic mass is 10.0. The maximum absolute atomic E-state index is 13.2. The number of thiazole rings is 1. The number of amides is 3. The van der Waals surface area contributed by atoms with Crippen molar-refractivity contribution in [2.24, 2.45) is 5.92 Å². The molecule has 4 N–H and O–H groups in total. The van der Waals surface area contributed by atoms with Crippen LogP contribution in [0, 0.1) is 5.92 Å². The molecule has 2 aliphatic rings. The summed E-state index contributed by atoms with van der Waals surface area (Å²) in [4.78, 5) is 55.0. The molecule has 3 heterocycles. The number of aromatic nitrogens is 1. The molecule has 0 aromatic carbocycles. The van der Waals surface area contributed by atoms with E-state index in [2.05, 4.69) is 15.6 Å². The van der Waals surface area contributed by atoms with Crippen molar-refractivity contribution in [1.29, 1.82) is 0 Å². The lowest BCUT2D eigenvalue weighted by molar-refractivity contribution is -0.150. The predicted molar refractivity (Wildman–Crippen MR) is 132 cm³/mol. The maximum atomic E-state index is 13.2. The van der Waals surface area contributed by atoms with Crippen LogP contribution < -0.4 is 10.6 Å². The lowest BCUT2D eigenvalue weighted by Gasteiger charge is -2.49. The molecular formula is C22H28N4O7S2. The number of aliphatic hydroxyl groups is 1. The average Bonchev–Trinajstić information content (AvgIpc) is 3.20. The third-order valence-electron chi connectivity index (χ3n) is 4.86. The minimum absolute atomic E-state index is 0.0222. The van der Waals surface area contributed by atoms with Crippen LogP contribution in [-0.4, -0.2) is 73.4 Å². The molecule has 0 bridgehead atoms. The molecule has 3 rings (SSSR count). The van der Waals surface area contributed by atoms with Crippen molar-refractivity contribution >= 4 is 57.7 Å². The third kappa shape index (κ3) is 6.03. The summed E-state index contributed by atoms with van der Waals surface area (Å²) in [6.07, 6.45) is 1.03. The molecule has 0 radical (unpaired) electrons. The highest BCUT2D eigenvalue weighted by atomic mass is 32.2. The van der Waals surface area contributed by atoms with Gasteiger partial charge in [-0.1, -0.05) is 19.9 Å². The van der Waals surface area contributed by atoms with Crippen molar-refractivity contribution in [2.45, 2.75) is 51.6 Å². The number of allylic oxidation sites excluding steroid dienone is 1. The number of thioether (sulfide) groups is 1. The highest BCUT2D eigenvalue weighted by Gasteiger charge is 2.54. The second-order valence-corrected chi connectivity index (χ2v) is 11.2. The number of hydrogen-bond acceptors (Lipinski definition) is 9. The Morgan fingerprint density at radius 3 is 2.60 bits per heavy atom. The van der Waals surface area contributed by atoms with Crippen LogP contribution in [0.2, 0.25) is 0 Å². The van der Waals surface area contributed by atoms with Gasteiger partial charge < -0.3 is 20.3 Å². The summed E-state index contributed by atoms with van der Waals surface area (Å²) < 4.78 is 5.22. The molecule has 0 unspecified atom stereocenters. The highest BCUT2D eigenvalue weighted by Crippen LogP contribution is 2.40. The number of carboxylic acid groups (broad SMARTS) is 1. The van der Waals surface area contributed by atoms with E-state index in [0.29, 0.717) is 5.69 Å². The van der Waals surface area contributed by atoms with Crippen molar-refractivity contribution in [3.63, 3.8) is 0 Å². The van der Waals surface area contributed by atoms with Crippen LogP contribution in [0.1, 0.15) is 40.3 Å². The van der Waals surface area contributed by atoms with Crippen LogP contribution in [0.15, 0.2) is 22.7 Å². The number of nitrogens with one attached hydrogen (secondary N) is 2. The summed E-state index contributed by atoms with van der Waals surface area (Å²) in [6, 6.07) is -0.921. The molecule has 0 aliphatic carbocycles. The van der Waals surface area contributed by atoms with E-state index in [-0.39, 0.29) is 33.6 Å². The predicted octanol–water partition coefficient (Wildman–Crippen LogP) is 2.26. The maximum Gasteiger partial charge on any atom is 0.413 e. The van der Waals surface area contributed by atoms with E-state index in [1.54, 1.807) is 32.2 Å². The van der Waals surface area contributed by atoms with Crippen molar-refractivity contribution in [1.82, 2.24) is 15.2 Å². The number of β-lactam (4-membered cyclic amide) rings is 1. The number of nitrogens with zero attached hydrogens (tertiary/aromatic N) is 2. The minimum atomic E-state index is -1.30. The van der Waals surface area contributed by atoms with Gasteiger partial charge in [-0.05, 0) is 32.3 Å². The number of carbonyl (C=O) groups excluding carboxylic acids is 3. The number of carboxylic acids is 1. The molecule has 1 aromatic rings. The Balaban J connectivity index is 1.76. The zero-order valence-corrected chi connectivity index (χ0v) is 21.6. The number of hydrogen-bond donors (Lipinski definition) is 4. The average molecular weight is 525 g/mol. The Morgan fingerprint density at radius 2 is 2.03 bits per heavy atom. The van der Waals surface area contributed by atoms with E-state index < -0.39 is 47.5 Å². The molecule has 2 atom stereocenters. The summed E-state index contributed by atoms with van der Waals surface area (Å²) in [5.41, 5.74) is -0.112. The standard InChI is InChI=1S/C22H28N4O7S2/c1-10(2)6-12(13-9-35-20(23-13)25-21(32)33-22(3,4)5)16(28)24-14-17(29)26-15(19(30)31)11(7-27)8-34-18(14)26/h6,9-10,14,18,27H,7-8H2,1-5H3,(H,24,28)(H,30,31)(H,23,25,32)/b12-6-/t14-,18+/m1/s1. The number of anilines is 1. The van der Waals surface area contributed by atoms with E-state index in [9.17, 15) is 29.4 Å². The van der Waals surface area contributed by atoms with E-state index >= 15 is 0 Å². The summed E-state index contributed by atoms with van der Waals surface area (Å²) in [6.45, 7) is 8.51. The van der Waals surface area contributed by atoms with Gasteiger partial charge in [0.1, 0.15) is 22.7 Å². The Hall–Kier alpha value is -2.90. The molecule has 2 aliphatic heterocycles. The molecule has 0 spiro atoms. The van der Waals surface area contributed by atoms with Gasteiger partial charge in [0.05, 0.1) is 17.9 Å². The number of aliphatic hydroxyl groups excluding tert-OH is 1. The first kappa shape index (κ1) is 26.7. The number of aliphatic carboxylic acids is 1. The Labute approximate surface area is 210 Å². The molecule has 190 valence electrons. The first-order chi connectivity index (χ1) is 16.3. The van der Waals surface area contributed by atoms with Gasteiger partial charge in [0.2, 0.25) is 0 Å². The fraction of sp³-hybridized carbons (Fsp3) is 0.500. The summed E-state index contributed by atoms with van der Waals surface area (Å²) in [5, 5.41) is 25.4. The minimum Gasteiger partial charge on any atom is -0.477 e. The molecule has 3 amide bonds. The zero-order valence-electron chi connectivity index (χ0n) is 19.9. The van der Waals surface area contributed by atoms with Crippen LogP contribution in [0.3, 0.4) is 0 Å². The van der Waals surface area contributed by atoms with Crippen LogP contribution in [0.25, 0.3) is 5.57 Å². The second kappa shape index (κ2) is 10.4. The molecule has 0 saturated carbocycles. The van der Waals surface area contributed by atoms with Gasteiger partial charge in [-0.2, -0.15) is 0 Å². The normalized spacial score (nSPS) is 20.4. The molecule has 1 saturated heterocycles. The van der Waals surface area contributed by atoms with Crippen molar-refractivity contribution < 1.29 is 34.1 Å². The summed E-state index contributed by atoms with van der Waals surface area (Å²) in [5.74, 6) is -2.19. The van der Waals surface area contributed by atoms with E-state index in [0.717, 1.165) is 16.2 Å². The van der Waals surface area contributed by atoms with Crippen LogP contribution in [0.5, 0.6) is 0 Å². The topological polar surface area (TPSA) is 158 Å². The fourth-order valence-electron chi connectivity index (χ4n) is 3.48. The molecule has 11 nitrogen and oxygen atoms in total. The van der Waals surface area contributed by atoms with Crippen molar-refractivity contribution in [2.75, 3.05) is 17.7 Å². The summed E-state index contributed by atoms with van der Waals surface area (Å²) in [7, 11) is 0. The van der Waals surface area contributed by atoms with Gasteiger partial charge in [0.15, 0.2) is 5.13 Å². The largest absolute Gasteiger partial charge is 0.477 e. The van der Waals surface area contributed by atoms with Gasteiger partial charge in [-0.15, -0.1) is 23.1 Å². The Kier molecular flexibility index (Phi) is 7.92. The molecule has 1 fully saturated rings. The SMILES string of the molecule is CC(C)/C=C(\C(=O)N[C@@H]1C(=O)N2C(C(=O)O)=C(CO)CS[C@@H]12)c1csc(NC(=O)OC(C)(C)C)n1. The quantitative estimate of drug-likeness (QED) is 0.310. The van der Waals surface area contributed by atoms with Gasteiger partial charge in [0, 0.05) is 11.1 Å². The number of rotatable bonds is 7. The summed E-state index contributed by atoms with van der Waals surface area (Å²) >= 11 is 2.39. The highest BCUT2D eigenvalue weighted by molar-refractivity contribution is 8.00. The second-order valence-electron chi connectivity index (χ2n) is 9.27. The van der Waals surface area contributed by atoms with Crippen LogP contribution in [0.4, 0.5) is 9.93 Å². The van der Waals surface area contributed by atoms with Gasteiger partial charge in [0.25, 0.3) is 11.8 Å². The monoisotopic (exact) mass is 524 g/mol. The number of carbonyl (C=O) groups is 4. The van der Waals surface area contributed by atoms with Crippen LogP contribution >= 0.6 is 23.1 Å². The van der Waals surface area contributed by atoms with Gasteiger partial charge >= 0.3 is 12.1 Å². The molecule has 35 heavy (non-hydrogen) atoms. The van der Waals surface area contributed by atoms with Gasteiger partial charge in [-0.25, -0.2) is 14.6 Å². The fourth-order valence-corrected chi connectivity index (χ4v) is 5.51. The number of fused-ring (bicyclic) bond motifs is 1. The smallest absolute Gasteiger partial charge is 0.413 e. The van der Waals surface area contributed by atoms with Crippen molar-refractivity contribution in [3.8, 4) is 0 Å². The Morgan fingerprint density at radius 1 is 1.34 bits per heavy atom. The lowest BCUT2D eigenvalue weighted by Crippen LogP contribution is -2.70. The van der Waals surface area contributed by atoms with Gasteiger partial charge in [-0.3, -0.25) is 19.8 Å². The van der Waals surface area contributed by atoms with E-state index in [4.69, 9.17) is 4.74 Å². The molecule has 13 heteroatoms. The van der Waals surface area contributed by atoms with E-state index in [1.165, 1.54) is 11.8 Å². The first-order valence-corrected chi connectivity index (χ1v) is 12.7. The first-order valence-electron chi connectivity index (χ1n) is 10.8. The molecule has 1 aromatic heterocycles. The zero-order chi connectivity index (χ0) is 26.1. The molecular weight excluding hydrogens is 496 g/mol. The van der Waals surface area contributed by atoms with E-state index in [1.807, 2.05) is 13.8 Å². The Bertz CT molecular complexity index is 1100. The van der Waals surface area contributed by atoms with Crippen LogP contribution in [-0.2, 0) is 19.1 Å². The third-order valence-corrected chi connectivity index (χ3v) is 6.96.